The lowest BCUT2D eigenvalue weighted by molar-refractivity contribution is 0.602. The predicted octanol–water partition coefficient (Wildman–Crippen LogP) is 4.59. The van der Waals surface area contributed by atoms with E-state index in [9.17, 15) is 0 Å². The van der Waals surface area contributed by atoms with E-state index in [1.165, 1.54) is 6.39 Å². The van der Waals surface area contributed by atoms with Gasteiger partial charge < -0.3 is 9.73 Å². The van der Waals surface area contributed by atoms with E-state index in [1.807, 2.05) is 49.5 Å². The number of pyridine rings is 1. The van der Waals surface area contributed by atoms with Gasteiger partial charge in [-0.2, -0.15) is 0 Å². The number of aryl methyl sites for hydroxylation is 1. The van der Waals surface area contributed by atoms with Crippen molar-refractivity contribution in [3.8, 4) is 0 Å². The van der Waals surface area contributed by atoms with E-state index in [4.69, 9.17) is 4.42 Å². The summed E-state index contributed by atoms with van der Waals surface area (Å²) in [6.07, 6.45) is 4.53. The Morgan fingerprint density at radius 1 is 1.29 bits per heavy atom. The molecule has 4 heteroatoms. The second-order valence-corrected chi connectivity index (χ2v) is 5.69. The van der Waals surface area contributed by atoms with Crippen LogP contribution in [0.5, 0.6) is 0 Å². The number of rotatable bonds is 6. The van der Waals surface area contributed by atoms with Crippen LogP contribution in [0.2, 0.25) is 0 Å². The molecule has 2 heterocycles. The van der Waals surface area contributed by atoms with Gasteiger partial charge in [0, 0.05) is 29.6 Å². The summed E-state index contributed by atoms with van der Waals surface area (Å²) < 4.78 is 5.33. The minimum absolute atomic E-state index is 0.777. The van der Waals surface area contributed by atoms with Gasteiger partial charge in [-0.3, -0.25) is 4.98 Å². The lowest BCUT2D eigenvalue weighted by Gasteiger charge is -2.12. The van der Waals surface area contributed by atoms with Crippen LogP contribution in [0.4, 0.5) is 0 Å². The van der Waals surface area contributed by atoms with Crippen LogP contribution in [0.1, 0.15) is 30.3 Å². The molecule has 24 heavy (non-hydrogen) atoms. The fourth-order valence-electron chi connectivity index (χ4n) is 2.54. The molecule has 0 spiro atoms. The molecule has 3 aromatic rings. The Labute approximate surface area is 141 Å². The molecule has 122 valence electrons. The highest BCUT2D eigenvalue weighted by Crippen LogP contribution is 2.30. The van der Waals surface area contributed by atoms with E-state index in [0.29, 0.717) is 0 Å². The topological polar surface area (TPSA) is 51.0 Å². The zero-order valence-corrected chi connectivity index (χ0v) is 14.0. The van der Waals surface area contributed by atoms with Gasteiger partial charge in [-0.05, 0) is 43.2 Å². The third-order valence-corrected chi connectivity index (χ3v) is 3.80. The van der Waals surface area contributed by atoms with Crippen LogP contribution in [0.15, 0.2) is 60.0 Å². The van der Waals surface area contributed by atoms with Crippen molar-refractivity contribution in [2.45, 2.75) is 20.3 Å². The highest BCUT2D eigenvalue weighted by molar-refractivity contribution is 6.04. The van der Waals surface area contributed by atoms with Gasteiger partial charge in [-0.25, -0.2) is 4.98 Å². The number of nitrogens with zero attached hydrogens (tertiary/aromatic N) is 2. The van der Waals surface area contributed by atoms with Gasteiger partial charge in [0.05, 0.1) is 5.69 Å². The second kappa shape index (κ2) is 7.13. The van der Waals surface area contributed by atoms with E-state index < -0.39 is 0 Å². The Kier molecular flexibility index (Phi) is 4.75. The largest absolute Gasteiger partial charge is 0.443 e. The number of hydrogen-bond acceptors (Lipinski definition) is 4. The van der Waals surface area contributed by atoms with Crippen LogP contribution < -0.4 is 5.32 Å². The molecule has 2 aromatic heterocycles. The van der Waals surface area contributed by atoms with Crippen LogP contribution in [-0.2, 0) is 0 Å². The fraction of sp³-hybridized carbons (Fsp3) is 0.200. The zero-order chi connectivity index (χ0) is 16.9. The first-order chi connectivity index (χ1) is 11.7. The lowest BCUT2D eigenvalue weighted by Crippen LogP contribution is -2.07. The first-order valence-corrected chi connectivity index (χ1v) is 8.09. The second-order valence-electron chi connectivity index (χ2n) is 5.69. The summed E-state index contributed by atoms with van der Waals surface area (Å²) in [5, 5.41) is 3.35. The van der Waals surface area contributed by atoms with E-state index in [1.54, 1.807) is 0 Å². The quantitative estimate of drug-likeness (QED) is 0.533. The third kappa shape index (κ3) is 3.38. The molecule has 0 atom stereocenters. The number of aromatic nitrogens is 2. The summed E-state index contributed by atoms with van der Waals surface area (Å²) in [6, 6.07) is 11.9. The van der Waals surface area contributed by atoms with Gasteiger partial charge in [0.1, 0.15) is 5.52 Å². The predicted molar refractivity (Wildman–Crippen MR) is 98.3 cm³/mol. The number of allylic oxidation sites excluding steroid dienone is 2. The van der Waals surface area contributed by atoms with Crippen molar-refractivity contribution in [1.29, 1.82) is 0 Å². The average Bonchev–Trinajstić information content (AvgIpc) is 3.06. The van der Waals surface area contributed by atoms with Crippen molar-refractivity contribution in [3.05, 3.63) is 72.5 Å². The smallest absolute Gasteiger partial charge is 0.181 e. The molecule has 4 nitrogen and oxygen atoms in total. The molecule has 0 radical (unpaired) electrons. The molecule has 1 aromatic carbocycles. The average molecular weight is 319 g/mol. The molecular weight excluding hydrogens is 298 g/mol. The van der Waals surface area contributed by atoms with Crippen molar-refractivity contribution in [2.24, 2.45) is 0 Å². The Hall–Kier alpha value is -2.88. The Morgan fingerprint density at radius 2 is 2.17 bits per heavy atom. The number of hydrogen-bond donors (Lipinski definition) is 1. The lowest BCUT2D eigenvalue weighted by atomic mass is 9.96. The van der Waals surface area contributed by atoms with Crippen LogP contribution in [0.3, 0.4) is 0 Å². The highest BCUT2D eigenvalue weighted by atomic mass is 16.3. The summed E-state index contributed by atoms with van der Waals surface area (Å²) in [6.45, 7) is 9.30. The number of benzene rings is 1. The van der Waals surface area contributed by atoms with Gasteiger partial charge in [-0.1, -0.05) is 25.6 Å². The molecule has 0 fully saturated rings. The number of oxazole rings is 1. The standard InChI is InChI=1S/C20H21N3O/c1-4-10-21-12-17(15(3)18-7-5-6-14(2)23-18)16-8-9-20-19(11-16)22-13-24-20/h5-9,11-13,21H,3-4,10H2,1-2H3/b17-12+. The van der Waals surface area contributed by atoms with Crippen molar-refractivity contribution >= 4 is 22.2 Å². The minimum atomic E-state index is 0.777. The first kappa shape index (κ1) is 16.0. The fourth-order valence-corrected chi connectivity index (χ4v) is 2.54. The van der Waals surface area contributed by atoms with Crippen molar-refractivity contribution < 1.29 is 4.42 Å². The summed E-state index contributed by atoms with van der Waals surface area (Å²) in [7, 11) is 0. The molecule has 3 rings (SSSR count). The molecule has 1 N–H and O–H groups in total. The maximum atomic E-state index is 5.33. The molecule has 0 amide bonds. The van der Waals surface area contributed by atoms with E-state index >= 15 is 0 Å². The molecule has 0 aliphatic carbocycles. The first-order valence-electron chi connectivity index (χ1n) is 8.09. The van der Waals surface area contributed by atoms with Gasteiger partial charge in [-0.15, -0.1) is 0 Å². The van der Waals surface area contributed by atoms with Crippen molar-refractivity contribution in [2.75, 3.05) is 6.54 Å². The molecule has 0 unspecified atom stereocenters. The molecular formula is C20H21N3O. The maximum absolute atomic E-state index is 5.33. The van der Waals surface area contributed by atoms with Gasteiger partial charge >= 0.3 is 0 Å². The van der Waals surface area contributed by atoms with Gasteiger partial charge in [0.25, 0.3) is 0 Å². The van der Waals surface area contributed by atoms with Crippen molar-refractivity contribution in [1.82, 2.24) is 15.3 Å². The van der Waals surface area contributed by atoms with Crippen molar-refractivity contribution in [3.63, 3.8) is 0 Å². The number of fused-ring (bicyclic) bond motifs is 1. The monoisotopic (exact) mass is 319 g/mol. The van der Waals surface area contributed by atoms with Gasteiger partial charge in [0.15, 0.2) is 12.0 Å². The maximum Gasteiger partial charge on any atom is 0.181 e. The summed E-state index contributed by atoms with van der Waals surface area (Å²) in [5.74, 6) is 0. The van der Waals surface area contributed by atoms with E-state index in [0.717, 1.165) is 52.2 Å². The molecule has 0 aliphatic heterocycles. The Bertz CT molecular complexity index is 893. The Balaban J connectivity index is 2.02. The Morgan fingerprint density at radius 3 is 2.96 bits per heavy atom. The third-order valence-electron chi connectivity index (χ3n) is 3.80. The number of nitrogens with one attached hydrogen (secondary N) is 1. The SMILES string of the molecule is C=C(/C(=C\NCCC)c1ccc2ocnc2c1)c1cccc(C)n1. The van der Waals surface area contributed by atoms with Crippen LogP contribution in [-0.4, -0.2) is 16.5 Å². The molecule has 0 saturated carbocycles. The van der Waals surface area contributed by atoms with E-state index in [-0.39, 0.29) is 0 Å². The molecule has 0 bridgehead atoms. The summed E-state index contributed by atoms with van der Waals surface area (Å²) >= 11 is 0. The summed E-state index contributed by atoms with van der Waals surface area (Å²) in [4.78, 5) is 8.84. The van der Waals surface area contributed by atoms with Crippen LogP contribution >= 0.6 is 0 Å². The van der Waals surface area contributed by atoms with E-state index in [2.05, 4.69) is 28.8 Å². The van der Waals surface area contributed by atoms with Gasteiger partial charge in [0.2, 0.25) is 0 Å². The zero-order valence-electron chi connectivity index (χ0n) is 14.0. The van der Waals surface area contributed by atoms with Crippen LogP contribution in [0.25, 0.3) is 22.2 Å². The van der Waals surface area contributed by atoms with Crippen LogP contribution in [0, 0.1) is 6.92 Å². The molecule has 0 saturated heterocycles. The normalized spacial score (nSPS) is 11.7. The minimum Gasteiger partial charge on any atom is -0.443 e. The highest BCUT2D eigenvalue weighted by Gasteiger charge is 2.12. The summed E-state index contributed by atoms with van der Waals surface area (Å²) in [5.41, 5.74) is 6.38. The molecule has 0 aliphatic rings.